The summed E-state index contributed by atoms with van der Waals surface area (Å²) in [5.74, 6) is -0.391. The van der Waals surface area contributed by atoms with Crippen LogP contribution in [0.4, 0.5) is 0 Å². The number of nitrogens with two attached hydrogens (primary N) is 1. The monoisotopic (exact) mass is 119 g/mol. The Morgan fingerprint density at radius 1 is 1.71 bits per heavy atom. The van der Waals surface area contributed by atoms with E-state index in [-0.39, 0.29) is 9.90 Å². The van der Waals surface area contributed by atoms with Crippen LogP contribution >= 0.6 is 9.90 Å². The predicted molar refractivity (Wildman–Crippen MR) is 35.1 cm³/mol. The van der Waals surface area contributed by atoms with Gasteiger partial charge in [-0.1, -0.05) is 6.08 Å². The van der Waals surface area contributed by atoms with E-state index in [0.717, 1.165) is 0 Å². The highest BCUT2D eigenvalue weighted by atomic mass is 31.0. The molecule has 2 N–H and O–H groups in total. The SMILES string of the molecule is C/C=C/C(N)=O.P. The Morgan fingerprint density at radius 3 is 2.14 bits per heavy atom. The van der Waals surface area contributed by atoms with Gasteiger partial charge in [-0.15, -0.1) is 0 Å². The Bertz CT molecular complexity index is 79.8. The van der Waals surface area contributed by atoms with Gasteiger partial charge in [-0.3, -0.25) is 4.79 Å². The minimum absolute atomic E-state index is 0. The zero-order valence-corrected chi connectivity index (χ0v) is 5.76. The second-order valence-electron chi connectivity index (χ2n) is 0.902. The Kier molecular flexibility index (Phi) is 7.90. The molecule has 0 aromatic rings. The summed E-state index contributed by atoms with van der Waals surface area (Å²) in [7, 11) is 0. The van der Waals surface area contributed by atoms with Crippen molar-refractivity contribution in [1.29, 1.82) is 0 Å². The fourth-order valence-corrected chi connectivity index (χ4v) is 0.164. The van der Waals surface area contributed by atoms with Gasteiger partial charge in [-0.25, -0.2) is 0 Å². The van der Waals surface area contributed by atoms with Gasteiger partial charge in [0, 0.05) is 0 Å². The Morgan fingerprint density at radius 2 is 2.14 bits per heavy atom. The van der Waals surface area contributed by atoms with E-state index in [1.807, 2.05) is 0 Å². The minimum Gasteiger partial charge on any atom is -0.366 e. The number of amides is 1. The topological polar surface area (TPSA) is 43.1 Å². The zero-order chi connectivity index (χ0) is 4.99. The first-order chi connectivity index (χ1) is 2.77. The van der Waals surface area contributed by atoms with Crippen LogP contribution in [0.3, 0.4) is 0 Å². The molecule has 0 fully saturated rings. The van der Waals surface area contributed by atoms with E-state index >= 15 is 0 Å². The molecule has 7 heavy (non-hydrogen) atoms. The molecule has 0 aromatic heterocycles. The molecule has 1 unspecified atom stereocenters. The summed E-state index contributed by atoms with van der Waals surface area (Å²) in [5, 5.41) is 0. The highest BCUT2D eigenvalue weighted by molar-refractivity contribution is 6.92. The first-order valence-corrected chi connectivity index (χ1v) is 1.69. The molecular formula is C4H10NOP. The van der Waals surface area contributed by atoms with Crippen molar-refractivity contribution < 1.29 is 4.79 Å². The number of hydrogen-bond donors (Lipinski definition) is 1. The smallest absolute Gasteiger partial charge is 0.241 e. The van der Waals surface area contributed by atoms with Gasteiger partial charge >= 0.3 is 0 Å². The largest absolute Gasteiger partial charge is 0.366 e. The molecule has 42 valence electrons. The van der Waals surface area contributed by atoms with Gasteiger partial charge in [0.15, 0.2) is 0 Å². The van der Waals surface area contributed by atoms with E-state index in [9.17, 15) is 4.79 Å². The number of allylic oxidation sites excluding steroid dienone is 1. The third-order valence-electron chi connectivity index (χ3n) is 0.331. The quantitative estimate of drug-likeness (QED) is 0.386. The van der Waals surface area contributed by atoms with E-state index in [2.05, 4.69) is 5.73 Å². The van der Waals surface area contributed by atoms with Gasteiger partial charge in [-0.2, -0.15) is 9.90 Å². The summed E-state index contributed by atoms with van der Waals surface area (Å²) in [6.07, 6.45) is 2.91. The summed E-state index contributed by atoms with van der Waals surface area (Å²) < 4.78 is 0. The van der Waals surface area contributed by atoms with Gasteiger partial charge in [0.2, 0.25) is 5.91 Å². The van der Waals surface area contributed by atoms with Crippen LogP contribution in [0.5, 0.6) is 0 Å². The van der Waals surface area contributed by atoms with E-state index in [0.29, 0.717) is 0 Å². The predicted octanol–water partition coefficient (Wildman–Crippen LogP) is 0.106. The molecule has 3 heteroatoms. The van der Waals surface area contributed by atoms with Gasteiger partial charge in [0.05, 0.1) is 0 Å². The normalized spacial score (nSPS) is 8.14. The molecule has 0 aliphatic carbocycles. The van der Waals surface area contributed by atoms with Gasteiger partial charge in [-0.05, 0) is 13.0 Å². The molecule has 0 saturated heterocycles. The maximum atomic E-state index is 9.73. The average molecular weight is 119 g/mol. The van der Waals surface area contributed by atoms with Crippen LogP contribution in [0, 0.1) is 0 Å². The summed E-state index contributed by atoms with van der Waals surface area (Å²) in [5.41, 5.74) is 4.68. The molecule has 0 saturated carbocycles. The third-order valence-corrected chi connectivity index (χ3v) is 0.331. The lowest BCUT2D eigenvalue weighted by molar-refractivity contribution is -0.113. The summed E-state index contributed by atoms with van der Waals surface area (Å²) in [4.78, 5) is 9.73. The van der Waals surface area contributed by atoms with Gasteiger partial charge < -0.3 is 5.73 Å². The molecule has 1 atom stereocenters. The zero-order valence-electron chi connectivity index (χ0n) is 4.35. The molecule has 1 amide bonds. The Balaban J connectivity index is 0. The first-order valence-electron chi connectivity index (χ1n) is 1.69. The number of carbonyl (C=O) groups excluding carboxylic acids is 1. The van der Waals surface area contributed by atoms with Crippen molar-refractivity contribution in [1.82, 2.24) is 0 Å². The number of rotatable bonds is 1. The van der Waals surface area contributed by atoms with Crippen LogP contribution in [-0.2, 0) is 4.79 Å². The molecule has 0 aromatic carbocycles. The van der Waals surface area contributed by atoms with Crippen molar-refractivity contribution in [2.45, 2.75) is 6.92 Å². The van der Waals surface area contributed by atoms with E-state index in [1.165, 1.54) is 6.08 Å². The molecule has 0 bridgehead atoms. The molecule has 0 heterocycles. The average Bonchev–Trinajstić information content (AvgIpc) is 1.35. The van der Waals surface area contributed by atoms with Crippen LogP contribution in [-0.4, -0.2) is 5.91 Å². The van der Waals surface area contributed by atoms with Crippen LogP contribution in [0.25, 0.3) is 0 Å². The second-order valence-corrected chi connectivity index (χ2v) is 0.902. The molecule has 0 spiro atoms. The maximum absolute atomic E-state index is 9.73. The van der Waals surface area contributed by atoms with Crippen molar-refractivity contribution in [3.05, 3.63) is 12.2 Å². The summed E-state index contributed by atoms with van der Waals surface area (Å²) >= 11 is 0. The fourth-order valence-electron chi connectivity index (χ4n) is 0.164. The summed E-state index contributed by atoms with van der Waals surface area (Å²) in [6, 6.07) is 0. The Hall–Kier alpha value is -0.360. The van der Waals surface area contributed by atoms with Crippen molar-refractivity contribution >= 4 is 15.8 Å². The summed E-state index contributed by atoms with van der Waals surface area (Å²) in [6.45, 7) is 1.74. The lowest BCUT2D eigenvalue weighted by Gasteiger charge is -1.70. The molecule has 0 aliphatic rings. The lowest BCUT2D eigenvalue weighted by atomic mass is 10.5. The maximum Gasteiger partial charge on any atom is 0.241 e. The lowest BCUT2D eigenvalue weighted by Crippen LogP contribution is -2.04. The highest BCUT2D eigenvalue weighted by Crippen LogP contribution is 1.62. The minimum atomic E-state index is -0.391. The van der Waals surface area contributed by atoms with Crippen molar-refractivity contribution in [2.75, 3.05) is 0 Å². The van der Waals surface area contributed by atoms with Crippen LogP contribution in [0.2, 0.25) is 0 Å². The highest BCUT2D eigenvalue weighted by Gasteiger charge is 1.73. The second kappa shape index (κ2) is 5.64. The number of hydrogen-bond acceptors (Lipinski definition) is 1. The first kappa shape index (κ1) is 9.81. The van der Waals surface area contributed by atoms with E-state index in [1.54, 1.807) is 13.0 Å². The van der Waals surface area contributed by atoms with E-state index < -0.39 is 5.91 Å². The van der Waals surface area contributed by atoms with Crippen molar-refractivity contribution in [3.63, 3.8) is 0 Å². The molecule has 0 rings (SSSR count). The third kappa shape index (κ3) is 10.7. The Labute approximate surface area is 46.4 Å². The van der Waals surface area contributed by atoms with Crippen molar-refractivity contribution in [3.8, 4) is 0 Å². The van der Waals surface area contributed by atoms with E-state index in [4.69, 9.17) is 0 Å². The van der Waals surface area contributed by atoms with Gasteiger partial charge in [0.1, 0.15) is 0 Å². The molecule has 0 radical (unpaired) electrons. The fraction of sp³-hybridized carbons (Fsp3) is 0.250. The molecule has 2 nitrogen and oxygen atoms in total. The van der Waals surface area contributed by atoms with Crippen LogP contribution < -0.4 is 5.73 Å². The molecular weight excluding hydrogens is 109 g/mol. The number of carbonyl (C=O) groups is 1. The van der Waals surface area contributed by atoms with Gasteiger partial charge in [0.25, 0.3) is 0 Å². The molecule has 0 aliphatic heterocycles. The van der Waals surface area contributed by atoms with Crippen LogP contribution in [0.1, 0.15) is 6.92 Å². The standard InChI is InChI=1S/C4H7NO.H3P/c1-2-3-4(5)6;/h2-3H,1H3,(H2,5,6);1H3/b3-2+;. The van der Waals surface area contributed by atoms with Crippen molar-refractivity contribution in [2.24, 2.45) is 5.73 Å². The number of primary amides is 1. The van der Waals surface area contributed by atoms with Crippen LogP contribution in [0.15, 0.2) is 12.2 Å².